The summed E-state index contributed by atoms with van der Waals surface area (Å²) < 4.78 is 1.80. The first-order valence-corrected chi connectivity index (χ1v) is 12.9. The van der Waals surface area contributed by atoms with Crippen LogP contribution in [0.1, 0.15) is 17.0 Å². The Labute approximate surface area is 226 Å². The third-order valence-electron chi connectivity index (χ3n) is 5.05. The lowest BCUT2D eigenvalue weighted by Gasteiger charge is -2.14. The van der Waals surface area contributed by atoms with Gasteiger partial charge in [-0.05, 0) is 54.4 Å². The van der Waals surface area contributed by atoms with Crippen molar-refractivity contribution in [3.05, 3.63) is 97.7 Å². The van der Waals surface area contributed by atoms with Gasteiger partial charge in [-0.1, -0.05) is 82.4 Å². The highest BCUT2D eigenvalue weighted by Gasteiger charge is 2.18. The number of anilines is 1. The molecule has 0 saturated carbocycles. The Kier molecular flexibility index (Phi) is 8.46. The lowest BCUT2D eigenvalue weighted by molar-refractivity contribution is 0.251. The number of carbonyl (C=O) groups is 1. The highest BCUT2D eigenvalue weighted by atomic mass is 35.5. The zero-order valence-corrected chi connectivity index (χ0v) is 22.2. The lowest BCUT2D eigenvalue weighted by Crippen LogP contribution is -2.29. The van der Waals surface area contributed by atoms with Crippen molar-refractivity contribution in [1.29, 1.82) is 0 Å². The van der Waals surface area contributed by atoms with E-state index in [4.69, 9.17) is 46.4 Å². The van der Waals surface area contributed by atoms with Crippen molar-refractivity contribution in [1.82, 2.24) is 20.1 Å². The first kappa shape index (κ1) is 25.7. The molecule has 0 radical (unpaired) electrons. The summed E-state index contributed by atoms with van der Waals surface area (Å²) in [4.78, 5) is 12.5. The maximum atomic E-state index is 12.5. The number of amides is 2. The number of aryl methyl sites for hydroxylation is 1. The Morgan fingerprint density at radius 2 is 1.69 bits per heavy atom. The number of benzene rings is 3. The van der Waals surface area contributed by atoms with Crippen LogP contribution in [-0.2, 0) is 12.3 Å². The van der Waals surface area contributed by atoms with E-state index in [2.05, 4.69) is 39.9 Å². The monoisotopic (exact) mass is 565 g/mol. The van der Waals surface area contributed by atoms with Crippen LogP contribution in [0.5, 0.6) is 0 Å². The van der Waals surface area contributed by atoms with E-state index in [1.54, 1.807) is 41.0 Å². The van der Waals surface area contributed by atoms with E-state index < -0.39 is 6.03 Å². The van der Waals surface area contributed by atoms with E-state index in [1.165, 1.54) is 22.9 Å². The van der Waals surface area contributed by atoms with Crippen molar-refractivity contribution in [3.8, 4) is 5.69 Å². The van der Waals surface area contributed by atoms with Crippen LogP contribution in [0.4, 0.5) is 10.5 Å². The number of hydrogen-bond acceptors (Lipinski definition) is 4. The third-order valence-corrected chi connectivity index (χ3v) is 7.13. The number of rotatable bonds is 7. The number of hydrogen-bond donors (Lipinski definition) is 2. The van der Waals surface area contributed by atoms with Crippen molar-refractivity contribution in [2.45, 2.75) is 24.4 Å². The second-order valence-corrected chi connectivity index (χ2v) is 10.1. The zero-order chi connectivity index (χ0) is 24.9. The van der Waals surface area contributed by atoms with Gasteiger partial charge >= 0.3 is 6.03 Å². The van der Waals surface area contributed by atoms with Crippen molar-refractivity contribution in [2.75, 3.05) is 5.32 Å². The molecule has 0 atom stereocenters. The van der Waals surface area contributed by atoms with Gasteiger partial charge in [-0.2, -0.15) is 0 Å². The second-order valence-electron chi connectivity index (χ2n) is 7.48. The summed E-state index contributed by atoms with van der Waals surface area (Å²) in [6, 6.07) is 17.6. The lowest BCUT2D eigenvalue weighted by atomic mass is 10.1. The van der Waals surface area contributed by atoms with E-state index >= 15 is 0 Å². The molecule has 11 heteroatoms. The Bertz CT molecular complexity index is 1380. The normalized spacial score (nSPS) is 10.9. The molecule has 4 aromatic rings. The van der Waals surface area contributed by atoms with E-state index in [9.17, 15) is 4.79 Å². The minimum atomic E-state index is -0.463. The minimum absolute atomic E-state index is 0.0812. The molecule has 2 N–H and O–H groups in total. The third kappa shape index (κ3) is 6.42. The predicted octanol–water partition coefficient (Wildman–Crippen LogP) is 7.80. The van der Waals surface area contributed by atoms with Crippen molar-refractivity contribution >= 4 is 69.9 Å². The largest absolute Gasteiger partial charge is 0.331 e. The molecule has 2 amide bonds. The molecule has 0 aliphatic carbocycles. The quantitative estimate of drug-likeness (QED) is 0.224. The zero-order valence-electron chi connectivity index (χ0n) is 18.4. The van der Waals surface area contributed by atoms with E-state index in [-0.39, 0.29) is 6.54 Å². The van der Waals surface area contributed by atoms with Crippen molar-refractivity contribution < 1.29 is 4.79 Å². The molecule has 3 aromatic carbocycles. The maximum Gasteiger partial charge on any atom is 0.319 e. The number of halogens is 4. The Morgan fingerprint density at radius 1 is 0.943 bits per heavy atom. The fourth-order valence-corrected chi connectivity index (χ4v) is 5.10. The van der Waals surface area contributed by atoms with Gasteiger partial charge in [0.05, 0.1) is 28.0 Å². The smallest absolute Gasteiger partial charge is 0.319 e. The highest BCUT2D eigenvalue weighted by molar-refractivity contribution is 7.98. The Balaban J connectivity index is 1.57. The summed E-state index contributed by atoms with van der Waals surface area (Å²) >= 11 is 26.3. The molecule has 0 fully saturated rings. The molecule has 0 saturated heterocycles. The van der Waals surface area contributed by atoms with Crippen LogP contribution in [0.3, 0.4) is 0 Å². The van der Waals surface area contributed by atoms with Crippen LogP contribution >= 0.6 is 58.2 Å². The van der Waals surface area contributed by atoms with E-state index in [0.29, 0.717) is 48.2 Å². The summed E-state index contributed by atoms with van der Waals surface area (Å²) in [7, 11) is 0. The highest BCUT2D eigenvalue weighted by Crippen LogP contribution is 2.31. The molecular weight excluding hydrogens is 548 g/mol. The fourth-order valence-electron chi connectivity index (χ4n) is 3.24. The molecule has 0 aliphatic rings. The maximum absolute atomic E-state index is 12.5. The Hall–Kier alpha value is -2.42. The van der Waals surface area contributed by atoms with Crippen LogP contribution in [0, 0.1) is 6.92 Å². The van der Waals surface area contributed by atoms with Crippen LogP contribution < -0.4 is 10.6 Å². The number of nitrogens with zero attached hydrogens (tertiary/aromatic N) is 3. The molecule has 35 heavy (non-hydrogen) atoms. The van der Waals surface area contributed by atoms with Crippen LogP contribution in [-0.4, -0.2) is 20.8 Å². The Morgan fingerprint density at radius 3 is 2.46 bits per heavy atom. The summed E-state index contributed by atoms with van der Waals surface area (Å²) in [5.74, 6) is 1.17. The molecule has 0 aliphatic heterocycles. The number of thioether (sulfide) groups is 1. The molecule has 180 valence electrons. The van der Waals surface area contributed by atoms with Gasteiger partial charge < -0.3 is 10.6 Å². The molecule has 0 unspecified atom stereocenters. The molecular formula is C24H19Cl4N5OS. The van der Waals surface area contributed by atoms with Crippen molar-refractivity contribution in [2.24, 2.45) is 0 Å². The topological polar surface area (TPSA) is 71.8 Å². The SMILES string of the molecule is Cc1ccccc1CSc1nnc(CNC(=O)Nc2ccc(Cl)cc2Cl)n1-c1cc(Cl)ccc1Cl. The van der Waals surface area contributed by atoms with E-state index in [0.717, 1.165) is 0 Å². The van der Waals surface area contributed by atoms with Gasteiger partial charge in [-0.15, -0.1) is 10.2 Å². The summed E-state index contributed by atoms with van der Waals surface area (Å²) in [6.45, 7) is 2.15. The molecule has 1 heterocycles. The first-order chi connectivity index (χ1) is 16.8. The molecule has 4 rings (SSSR count). The van der Waals surface area contributed by atoms with Crippen LogP contribution in [0.25, 0.3) is 5.69 Å². The van der Waals surface area contributed by atoms with Gasteiger partial charge in [0, 0.05) is 15.8 Å². The molecule has 0 bridgehead atoms. The summed E-state index contributed by atoms with van der Waals surface area (Å²) in [5, 5.41) is 16.6. The summed E-state index contributed by atoms with van der Waals surface area (Å²) in [5.41, 5.74) is 3.42. The van der Waals surface area contributed by atoms with Crippen molar-refractivity contribution in [3.63, 3.8) is 0 Å². The van der Waals surface area contributed by atoms with E-state index in [1.807, 2.05) is 12.1 Å². The predicted molar refractivity (Wildman–Crippen MR) is 144 cm³/mol. The standard InChI is InChI=1S/C24H19Cl4N5OS/c1-14-4-2-3-5-15(14)13-35-24-32-31-22(33(24)21-11-17(26)6-8-18(21)27)12-29-23(34)30-20-9-7-16(25)10-19(20)28/h2-11H,12-13H2,1H3,(H2,29,30,34). The minimum Gasteiger partial charge on any atom is -0.331 e. The molecule has 6 nitrogen and oxygen atoms in total. The average molecular weight is 567 g/mol. The van der Waals surface area contributed by atoms with Gasteiger partial charge in [0.15, 0.2) is 11.0 Å². The van der Waals surface area contributed by atoms with Crippen LogP contribution in [0.2, 0.25) is 20.1 Å². The van der Waals surface area contributed by atoms with Gasteiger partial charge in [0.1, 0.15) is 0 Å². The van der Waals surface area contributed by atoms with Gasteiger partial charge in [0.25, 0.3) is 0 Å². The number of carbonyl (C=O) groups excluding carboxylic acids is 1. The summed E-state index contributed by atoms with van der Waals surface area (Å²) in [6.07, 6.45) is 0. The molecule has 0 spiro atoms. The molecule has 1 aromatic heterocycles. The first-order valence-electron chi connectivity index (χ1n) is 10.4. The fraction of sp³-hybridized carbons (Fsp3) is 0.125. The number of aromatic nitrogens is 3. The average Bonchev–Trinajstić information content (AvgIpc) is 3.23. The number of urea groups is 1. The van der Waals surface area contributed by atoms with Gasteiger partial charge in [0.2, 0.25) is 0 Å². The van der Waals surface area contributed by atoms with Gasteiger partial charge in [-0.25, -0.2) is 4.79 Å². The number of nitrogens with one attached hydrogen (secondary N) is 2. The second kappa shape index (κ2) is 11.5. The van der Waals surface area contributed by atoms with Crippen LogP contribution in [0.15, 0.2) is 65.8 Å². The van der Waals surface area contributed by atoms with Gasteiger partial charge in [-0.3, -0.25) is 4.57 Å².